The topological polar surface area (TPSA) is 100 Å². The standard InChI is InChI=1S/C25H28ClN5O4/c1-4-6-13-34-24(32)22-16(3)27-25-28-29-30-31(25)23(22)17-11-12-20(21(14-17)33-5-2)35-15-18-9-7-8-10-19(18)26/h7-12,14,23H,4-6,13,15H2,1-3H3,(H,27,28,30). The lowest BCUT2D eigenvalue weighted by molar-refractivity contribution is -0.139. The number of rotatable bonds is 10. The van der Waals surface area contributed by atoms with E-state index in [0.29, 0.717) is 47.0 Å². The van der Waals surface area contributed by atoms with Crippen LogP contribution in [0.5, 0.6) is 11.5 Å². The Bertz CT molecular complexity index is 1230. The van der Waals surface area contributed by atoms with Gasteiger partial charge in [0.2, 0.25) is 5.95 Å². The highest BCUT2D eigenvalue weighted by atomic mass is 35.5. The van der Waals surface area contributed by atoms with Gasteiger partial charge in [0.15, 0.2) is 11.5 Å². The summed E-state index contributed by atoms with van der Waals surface area (Å²) in [5.74, 6) is 1.14. The number of halogens is 1. The van der Waals surface area contributed by atoms with Crippen LogP contribution in [-0.2, 0) is 16.1 Å². The quantitative estimate of drug-likeness (QED) is 0.310. The first-order chi connectivity index (χ1) is 17.0. The van der Waals surface area contributed by atoms with E-state index in [1.807, 2.05) is 63.2 Å². The zero-order valence-electron chi connectivity index (χ0n) is 20.0. The van der Waals surface area contributed by atoms with Crippen LogP contribution in [0.4, 0.5) is 5.95 Å². The van der Waals surface area contributed by atoms with Gasteiger partial charge in [0.25, 0.3) is 0 Å². The fourth-order valence-electron chi connectivity index (χ4n) is 3.83. The SMILES string of the molecule is CCCCOC(=O)C1=C(C)Nc2nnnn2C1c1ccc(OCc2ccccc2Cl)c(OCC)c1. The van der Waals surface area contributed by atoms with Crippen LogP contribution in [0.15, 0.2) is 53.7 Å². The van der Waals surface area contributed by atoms with Gasteiger partial charge in [-0.1, -0.05) is 54.3 Å². The average Bonchev–Trinajstić information content (AvgIpc) is 3.31. The molecule has 3 aromatic rings. The number of hydrogen-bond donors (Lipinski definition) is 1. The molecule has 1 N–H and O–H groups in total. The van der Waals surface area contributed by atoms with Crippen molar-refractivity contribution in [2.75, 3.05) is 18.5 Å². The summed E-state index contributed by atoms with van der Waals surface area (Å²) in [4.78, 5) is 13.1. The van der Waals surface area contributed by atoms with Crippen LogP contribution >= 0.6 is 11.6 Å². The molecule has 4 rings (SSSR count). The second kappa shape index (κ2) is 11.2. The van der Waals surface area contributed by atoms with Crippen molar-refractivity contribution >= 4 is 23.5 Å². The lowest BCUT2D eigenvalue weighted by Crippen LogP contribution is -2.30. The smallest absolute Gasteiger partial charge is 0.338 e. The van der Waals surface area contributed by atoms with Gasteiger partial charge in [-0.15, -0.1) is 0 Å². The molecule has 2 heterocycles. The molecule has 1 aliphatic heterocycles. The minimum Gasteiger partial charge on any atom is -0.490 e. The Kier molecular flexibility index (Phi) is 7.87. The van der Waals surface area contributed by atoms with Crippen LogP contribution in [0.1, 0.15) is 50.8 Å². The second-order valence-electron chi connectivity index (χ2n) is 8.02. The molecular weight excluding hydrogens is 470 g/mol. The second-order valence-corrected chi connectivity index (χ2v) is 8.43. The fraction of sp³-hybridized carbons (Fsp3) is 0.360. The molecule has 0 aliphatic carbocycles. The normalized spacial score (nSPS) is 14.8. The number of unbranched alkanes of at least 4 members (excludes halogenated alkanes) is 1. The number of carbonyl (C=O) groups is 1. The predicted molar refractivity (Wildman–Crippen MR) is 132 cm³/mol. The molecular formula is C25H28ClN5O4. The van der Waals surface area contributed by atoms with E-state index in [4.69, 9.17) is 25.8 Å². The van der Waals surface area contributed by atoms with E-state index in [9.17, 15) is 4.79 Å². The number of carbonyl (C=O) groups excluding carboxylic acids is 1. The maximum Gasteiger partial charge on any atom is 0.338 e. The summed E-state index contributed by atoms with van der Waals surface area (Å²) in [5, 5.41) is 15.7. The van der Waals surface area contributed by atoms with Crippen molar-refractivity contribution in [2.45, 2.75) is 46.3 Å². The minimum absolute atomic E-state index is 0.289. The number of allylic oxidation sites excluding steroid dienone is 1. The predicted octanol–water partition coefficient (Wildman–Crippen LogP) is 4.94. The van der Waals surface area contributed by atoms with E-state index in [1.165, 1.54) is 0 Å². The number of anilines is 1. The molecule has 0 saturated heterocycles. The molecule has 0 fully saturated rings. The number of nitrogens with zero attached hydrogens (tertiary/aromatic N) is 4. The van der Waals surface area contributed by atoms with Crippen LogP contribution in [0, 0.1) is 0 Å². The van der Waals surface area contributed by atoms with Crippen molar-refractivity contribution in [2.24, 2.45) is 0 Å². The van der Waals surface area contributed by atoms with E-state index in [-0.39, 0.29) is 6.61 Å². The zero-order chi connectivity index (χ0) is 24.8. The molecule has 184 valence electrons. The molecule has 1 aromatic heterocycles. The lowest BCUT2D eigenvalue weighted by Gasteiger charge is -2.28. The Hall–Kier alpha value is -3.59. The number of ether oxygens (including phenoxy) is 3. The summed E-state index contributed by atoms with van der Waals surface area (Å²) < 4.78 is 19.1. The van der Waals surface area contributed by atoms with Crippen molar-refractivity contribution in [1.29, 1.82) is 0 Å². The van der Waals surface area contributed by atoms with Gasteiger partial charge in [-0.05, 0) is 54.5 Å². The Balaban J connectivity index is 1.67. The summed E-state index contributed by atoms with van der Waals surface area (Å²) in [6.07, 6.45) is 1.72. The van der Waals surface area contributed by atoms with E-state index < -0.39 is 12.0 Å². The maximum atomic E-state index is 13.1. The number of nitrogens with one attached hydrogen (secondary N) is 1. The molecule has 9 nitrogen and oxygen atoms in total. The molecule has 0 amide bonds. The van der Waals surface area contributed by atoms with Gasteiger partial charge in [-0.3, -0.25) is 0 Å². The number of tetrazole rings is 1. The van der Waals surface area contributed by atoms with Gasteiger partial charge in [-0.2, -0.15) is 4.68 Å². The number of benzene rings is 2. The Morgan fingerprint density at radius 3 is 2.74 bits per heavy atom. The molecule has 1 atom stereocenters. The summed E-state index contributed by atoms with van der Waals surface area (Å²) in [7, 11) is 0. The Morgan fingerprint density at radius 1 is 1.14 bits per heavy atom. The van der Waals surface area contributed by atoms with Crippen molar-refractivity contribution in [3.63, 3.8) is 0 Å². The number of fused-ring (bicyclic) bond motifs is 1. The third-order valence-electron chi connectivity index (χ3n) is 5.59. The van der Waals surface area contributed by atoms with Crippen molar-refractivity contribution in [3.8, 4) is 11.5 Å². The average molecular weight is 498 g/mol. The molecule has 1 unspecified atom stereocenters. The van der Waals surface area contributed by atoms with Crippen LogP contribution in [0.25, 0.3) is 0 Å². The molecule has 10 heteroatoms. The molecule has 0 spiro atoms. The summed E-state index contributed by atoms with van der Waals surface area (Å²) in [6, 6.07) is 12.5. The first kappa shape index (κ1) is 24.5. The first-order valence-electron chi connectivity index (χ1n) is 11.6. The number of aromatic nitrogens is 4. The maximum absolute atomic E-state index is 13.1. The third kappa shape index (κ3) is 5.40. The van der Waals surface area contributed by atoms with Crippen molar-refractivity contribution in [3.05, 3.63) is 69.9 Å². The highest BCUT2D eigenvalue weighted by Crippen LogP contribution is 2.39. The number of esters is 1. The summed E-state index contributed by atoms with van der Waals surface area (Å²) >= 11 is 6.27. The molecule has 0 bridgehead atoms. The lowest BCUT2D eigenvalue weighted by atomic mass is 9.95. The summed E-state index contributed by atoms with van der Waals surface area (Å²) in [5.41, 5.74) is 2.70. The third-order valence-corrected chi connectivity index (χ3v) is 5.96. The first-order valence-corrected chi connectivity index (χ1v) is 12.0. The van der Waals surface area contributed by atoms with E-state index >= 15 is 0 Å². The Morgan fingerprint density at radius 2 is 1.97 bits per heavy atom. The van der Waals surface area contributed by atoms with Crippen LogP contribution in [-0.4, -0.2) is 39.4 Å². The van der Waals surface area contributed by atoms with Crippen molar-refractivity contribution < 1.29 is 19.0 Å². The van der Waals surface area contributed by atoms with Crippen molar-refractivity contribution in [1.82, 2.24) is 20.2 Å². The molecule has 0 radical (unpaired) electrons. The monoisotopic (exact) mass is 497 g/mol. The molecule has 2 aromatic carbocycles. The van der Waals surface area contributed by atoms with Crippen LogP contribution < -0.4 is 14.8 Å². The highest BCUT2D eigenvalue weighted by Gasteiger charge is 2.35. The van der Waals surface area contributed by atoms with E-state index in [1.54, 1.807) is 4.68 Å². The zero-order valence-corrected chi connectivity index (χ0v) is 20.7. The van der Waals surface area contributed by atoms with Gasteiger partial charge in [0, 0.05) is 16.3 Å². The van der Waals surface area contributed by atoms with Gasteiger partial charge >= 0.3 is 5.97 Å². The highest BCUT2D eigenvalue weighted by molar-refractivity contribution is 6.31. The summed E-state index contributed by atoms with van der Waals surface area (Å²) in [6.45, 7) is 6.83. The van der Waals surface area contributed by atoms with E-state index in [2.05, 4.69) is 20.8 Å². The van der Waals surface area contributed by atoms with Gasteiger partial charge in [0.05, 0.1) is 18.8 Å². The van der Waals surface area contributed by atoms with E-state index in [0.717, 1.165) is 24.0 Å². The molecule has 1 aliphatic rings. The molecule has 0 saturated carbocycles. The number of hydrogen-bond acceptors (Lipinski definition) is 8. The Labute approximate surface area is 209 Å². The van der Waals surface area contributed by atoms with Gasteiger partial charge in [-0.25, -0.2) is 4.79 Å². The minimum atomic E-state index is -0.591. The largest absolute Gasteiger partial charge is 0.490 e. The van der Waals surface area contributed by atoms with Gasteiger partial charge < -0.3 is 19.5 Å². The van der Waals surface area contributed by atoms with Crippen LogP contribution in [0.2, 0.25) is 5.02 Å². The fourth-order valence-corrected chi connectivity index (χ4v) is 4.02. The van der Waals surface area contributed by atoms with Gasteiger partial charge in [0.1, 0.15) is 12.6 Å². The van der Waals surface area contributed by atoms with Crippen LogP contribution in [0.3, 0.4) is 0 Å². The molecule has 35 heavy (non-hydrogen) atoms.